The van der Waals surface area contributed by atoms with Crippen LogP contribution in [0.4, 0.5) is 0 Å². The average Bonchev–Trinajstić information content (AvgIpc) is 2.85. The molecule has 1 aromatic rings. The van der Waals surface area contributed by atoms with Crippen LogP contribution in [0.5, 0.6) is 0 Å². The summed E-state index contributed by atoms with van der Waals surface area (Å²) in [6.07, 6.45) is -4.26. The van der Waals surface area contributed by atoms with E-state index in [4.69, 9.17) is 31.2 Å². The highest BCUT2D eigenvalue weighted by Gasteiger charge is 2.51. The highest BCUT2D eigenvalue weighted by molar-refractivity contribution is 7.71. The molecule has 0 aliphatic carbocycles. The van der Waals surface area contributed by atoms with Crippen molar-refractivity contribution in [2.45, 2.75) is 52.2 Å². The van der Waals surface area contributed by atoms with Gasteiger partial charge in [-0.2, -0.15) is 5.10 Å². The molecule has 0 saturated carbocycles. The van der Waals surface area contributed by atoms with Crippen molar-refractivity contribution in [2.75, 3.05) is 6.61 Å². The minimum Gasteiger partial charge on any atom is -0.463 e. The van der Waals surface area contributed by atoms with E-state index in [0.717, 1.165) is 4.68 Å². The lowest BCUT2D eigenvalue weighted by Gasteiger charge is -2.23. The van der Waals surface area contributed by atoms with Gasteiger partial charge in [0, 0.05) is 20.8 Å². The van der Waals surface area contributed by atoms with Gasteiger partial charge in [-0.3, -0.25) is 24.2 Å². The van der Waals surface area contributed by atoms with Gasteiger partial charge in [0.05, 0.1) is 0 Å². The number of hydrogen-bond donors (Lipinski definition) is 1. The van der Waals surface area contributed by atoms with E-state index >= 15 is 0 Å². The normalized spacial score (nSPS) is 24.3. The van der Waals surface area contributed by atoms with Crippen molar-refractivity contribution < 1.29 is 33.3 Å². The molecule has 1 N–H and O–H groups in total. The zero-order valence-corrected chi connectivity index (χ0v) is 15.9. The van der Waals surface area contributed by atoms with Gasteiger partial charge in [0.15, 0.2) is 23.2 Å². The van der Waals surface area contributed by atoms with Gasteiger partial charge in [0.25, 0.3) is 5.56 Å². The maximum Gasteiger partial charge on any atom is 0.303 e. The summed E-state index contributed by atoms with van der Waals surface area (Å²) in [6.45, 7) is 4.76. The van der Waals surface area contributed by atoms with E-state index in [9.17, 15) is 19.2 Å². The molecule has 0 radical (unpaired) electrons. The van der Waals surface area contributed by atoms with Crippen LogP contribution in [0.25, 0.3) is 0 Å². The zero-order valence-electron chi connectivity index (χ0n) is 15.1. The molecule has 12 heteroatoms. The lowest BCUT2D eigenvalue weighted by atomic mass is 10.1. The predicted molar refractivity (Wildman–Crippen MR) is 90.1 cm³/mol. The monoisotopic (exact) mass is 401 g/mol. The summed E-state index contributed by atoms with van der Waals surface area (Å²) in [4.78, 5) is 48.3. The first-order valence-electron chi connectivity index (χ1n) is 7.93. The Bertz CT molecular complexity index is 863. The van der Waals surface area contributed by atoms with Crippen molar-refractivity contribution in [3.8, 4) is 0 Å². The predicted octanol–water partition coefficient (Wildman–Crippen LogP) is -0.0668. The third-order valence-electron chi connectivity index (χ3n) is 3.60. The number of rotatable bonds is 5. The Labute approximate surface area is 158 Å². The van der Waals surface area contributed by atoms with Crippen LogP contribution >= 0.6 is 12.2 Å². The van der Waals surface area contributed by atoms with Crippen molar-refractivity contribution >= 4 is 30.1 Å². The number of aryl methyl sites for hydroxylation is 1. The van der Waals surface area contributed by atoms with Crippen LogP contribution in [0.15, 0.2) is 4.79 Å². The molecule has 1 saturated heterocycles. The maximum atomic E-state index is 11.7. The van der Waals surface area contributed by atoms with E-state index in [0.29, 0.717) is 0 Å². The first-order chi connectivity index (χ1) is 12.6. The third kappa shape index (κ3) is 4.98. The standard InChI is InChI=1S/C15H19N3O8S/c1-6-13(22)16-15(27)18(17-6)14-12(25-9(4)21)11(24-8(3)20)10(26-14)5-23-7(2)19/h10-12,14H,5H2,1-4H3,(H,16,22,27)/t10-,11-,12+,14-/m1/s1. The second-order valence-electron chi connectivity index (χ2n) is 5.81. The van der Waals surface area contributed by atoms with Crippen molar-refractivity contribution in [3.05, 3.63) is 20.8 Å². The van der Waals surface area contributed by atoms with E-state index in [1.807, 2.05) is 0 Å². The van der Waals surface area contributed by atoms with Gasteiger partial charge < -0.3 is 18.9 Å². The van der Waals surface area contributed by atoms with E-state index in [2.05, 4.69) is 10.1 Å². The zero-order chi connectivity index (χ0) is 20.3. The Morgan fingerprint density at radius 2 is 1.74 bits per heavy atom. The molecule has 0 bridgehead atoms. The third-order valence-corrected chi connectivity index (χ3v) is 3.89. The average molecular weight is 401 g/mol. The number of aromatic nitrogens is 3. The molecular weight excluding hydrogens is 382 g/mol. The number of nitrogens with zero attached hydrogens (tertiary/aromatic N) is 2. The number of nitrogens with one attached hydrogen (secondary N) is 1. The van der Waals surface area contributed by atoms with Crippen LogP contribution in [0, 0.1) is 11.7 Å². The molecule has 0 aromatic carbocycles. The summed E-state index contributed by atoms with van der Waals surface area (Å²) >= 11 is 5.10. The second kappa shape index (κ2) is 8.39. The molecule has 0 spiro atoms. The Hall–Kier alpha value is -2.60. The molecule has 11 nitrogen and oxygen atoms in total. The van der Waals surface area contributed by atoms with E-state index in [-0.39, 0.29) is 17.1 Å². The van der Waals surface area contributed by atoms with Crippen molar-refractivity contribution in [2.24, 2.45) is 0 Å². The summed E-state index contributed by atoms with van der Waals surface area (Å²) < 4.78 is 22.3. The minimum absolute atomic E-state index is 0.0811. The first-order valence-corrected chi connectivity index (χ1v) is 8.34. The highest BCUT2D eigenvalue weighted by atomic mass is 32.1. The van der Waals surface area contributed by atoms with Crippen molar-refractivity contribution in [3.63, 3.8) is 0 Å². The fraction of sp³-hybridized carbons (Fsp3) is 0.600. The number of ether oxygens (including phenoxy) is 4. The van der Waals surface area contributed by atoms with Gasteiger partial charge >= 0.3 is 17.9 Å². The molecule has 0 amide bonds. The number of carbonyl (C=O) groups is 3. The molecule has 1 aliphatic rings. The van der Waals surface area contributed by atoms with E-state index in [1.54, 1.807) is 0 Å². The number of aromatic amines is 1. The van der Waals surface area contributed by atoms with Gasteiger partial charge in [-0.05, 0) is 19.1 Å². The molecule has 27 heavy (non-hydrogen) atoms. The number of hydrogen-bond acceptors (Lipinski definition) is 10. The molecule has 0 unspecified atom stereocenters. The lowest BCUT2D eigenvalue weighted by Crippen LogP contribution is -2.41. The van der Waals surface area contributed by atoms with E-state index < -0.39 is 48.0 Å². The molecule has 1 fully saturated rings. The summed E-state index contributed by atoms with van der Waals surface area (Å²) in [5.41, 5.74) is -0.382. The van der Waals surface area contributed by atoms with Gasteiger partial charge in [0.2, 0.25) is 0 Å². The molecule has 1 aromatic heterocycles. The molecule has 1 aliphatic heterocycles. The molecule has 148 valence electrons. The second-order valence-corrected chi connectivity index (χ2v) is 6.19. The Morgan fingerprint density at radius 3 is 2.30 bits per heavy atom. The van der Waals surface area contributed by atoms with E-state index in [1.165, 1.54) is 27.7 Å². The quantitative estimate of drug-likeness (QED) is 0.405. The summed E-state index contributed by atoms with van der Waals surface area (Å²) in [5, 5.41) is 4.06. The van der Waals surface area contributed by atoms with Gasteiger partial charge in [-0.25, -0.2) is 4.68 Å². The molecular formula is C15H19N3O8S. The van der Waals surface area contributed by atoms with Crippen LogP contribution in [0.2, 0.25) is 0 Å². The fourth-order valence-electron chi connectivity index (χ4n) is 2.56. The Morgan fingerprint density at radius 1 is 1.15 bits per heavy atom. The lowest BCUT2D eigenvalue weighted by molar-refractivity contribution is -0.166. The molecule has 2 rings (SSSR count). The fourth-order valence-corrected chi connectivity index (χ4v) is 2.80. The number of carbonyl (C=O) groups excluding carboxylic acids is 3. The van der Waals surface area contributed by atoms with Gasteiger partial charge in [0.1, 0.15) is 18.4 Å². The smallest absolute Gasteiger partial charge is 0.303 e. The summed E-state index contributed by atoms with van der Waals surface area (Å²) in [7, 11) is 0. The van der Waals surface area contributed by atoms with Crippen LogP contribution in [0.3, 0.4) is 0 Å². The largest absolute Gasteiger partial charge is 0.463 e. The van der Waals surface area contributed by atoms with Crippen LogP contribution < -0.4 is 5.56 Å². The van der Waals surface area contributed by atoms with Crippen molar-refractivity contribution in [1.82, 2.24) is 14.8 Å². The summed E-state index contributed by atoms with van der Waals surface area (Å²) in [5.74, 6) is -1.88. The number of esters is 3. The highest BCUT2D eigenvalue weighted by Crippen LogP contribution is 2.34. The van der Waals surface area contributed by atoms with Crippen LogP contribution in [-0.4, -0.2) is 57.6 Å². The van der Waals surface area contributed by atoms with Gasteiger partial charge in [-0.15, -0.1) is 0 Å². The number of H-pyrrole nitrogens is 1. The van der Waals surface area contributed by atoms with Crippen LogP contribution in [0.1, 0.15) is 32.7 Å². The topological polar surface area (TPSA) is 139 Å². The van der Waals surface area contributed by atoms with Crippen LogP contribution in [-0.2, 0) is 33.3 Å². The minimum atomic E-state index is -1.13. The maximum absolute atomic E-state index is 11.7. The SMILES string of the molecule is CC(=O)OC[C@H]1O[C@@H](n2nc(C)c(=O)[nH]c2=S)[C@@H](OC(C)=O)[C@@H]1OC(C)=O. The Kier molecular flexibility index (Phi) is 6.44. The first kappa shape index (κ1) is 20.7. The molecule has 4 atom stereocenters. The Balaban J connectivity index is 2.47. The molecule has 2 heterocycles. The van der Waals surface area contributed by atoms with Gasteiger partial charge in [-0.1, -0.05) is 0 Å². The van der Waals surface area contributed by atoms with Crippen molar-refractivity contribution in [1.29, 1.82) is 0 Å². The summed E-state index contributed by atoms with van der Waals surface area (Å²) in [6, 6.07) is 0.